The summed E-state index contributed by atoms with van der Waals surface area (Å²) in [5, 5.41) is 20.8. The molecule has 3 rings (SSSR count). The van der Waals surface area contributed by atoms with Crippen molar-refractivity contribution >= 4 is 34.2 Å². The fraction of sp³-hybridized carbons (Fsp3) is 0.0588. The van der Waals surface area contributed by atoms with E-state index in [-0.39, 0.29) is 34.2 Å². The standard InChI is InChI=1S/C17H10ClNO7/c18-14-4-1-10(19(23)24)6-13(14)17(22)25-8-9-5-16(21)26-15-7-11(20)2-3-12(9)15/h1-7,20H,8H2. The van der Waals surface area contributed by atoms with E-state index in [1.807, 2.05) is 0 Å². The first-order valence-electron chi connectivity index (χ1n) is 7.22. The maximum atomic E-state index is 12.2. The molecule has 0 aliphatic rings. The number of halogens is 1. The number of aromatic hydroxyl groups is 1. The van der Waals surface area contributed by atoms with Crippen LogP contribution in [0.2, 0.25) is 5.02 Å². The molecule has 132 valence electrons. The SMILES string of the molecule is O=C(OCc1cc(=O)oc2cc(O)ccc12)c1cc([N+](=O)[O-])ccc1Cl. The zero-order chi connectivity index (χ0) is 18.8. The Bertz CT molecular complexity index is 1090. The minimum absolute atomic E-state index is 0.00274. The highest BCUT2D eigenvalue weighted by atomic mass is 35.5. The third-order valence-corrected chi connectivity index (χ3v) is 3.88. The Morgan fingerprint density at radius 1 is 1.23 bits per heavy atom. The molecule has 0 amide bonds. The number of non-ortho nitro benzene ring substituents is 1. The number of fused-ring (bicyclic) bond motifs is 1. The smallest absolute Gasteiger partial charge is 0.340 e. The summed E-state index contributed by atoms with van der Waals surface area (Å²) in [5.74, 6) is -0.961. The van der Waals surface area contributed by atoms with E-state index in [4.69, 9.17) is 20.8 Å². The van der Waals surface area contributed by atoms with Crippen molar-refractivity contribution in [1.82, 2.24) is 0 Å². The Morgan fingerprint density at radius 2 is 2.00 bits per heavy atom. The molecule has 9 heteroatoms. The van der Waals surface area contributed by atoms with Gasteiger partial charge in [-0.2, -0.15) is 0 Å². The number of phenolic OH excluding ortho intramolecular Hbond substituents is 1. The first-order chi connectivity index (χ1) is 12.3. The van der Waals surface area contributed by atoms with Crippen molar-refractivity contribution in [2.75, 3.05) is 0 Å². The van der Waals surface area contributed by atoms with Gasteiger partial charge in [0.1, 0.15) is 17.9 Å². The number of nitrogens with zero attached hydrogens (tertiary/aromatic N) is 1. The van der Waals surface area contributed by atoms with Gasteiger partial charge in [0, 0.05) is 35.2 Å². The number of hydrogen-bond donors (Lipinski definition) is 1. The number of benzene rings is 2. The number of rotatable bonds is 4. The van der Waals surface area contributed by atoms with Gasteiger partial charge in [-0.05, 0) is 18.2 Å². The molecular formula is C17H10ClNO7. The molecule has 0 aliphatic carbocycles. The molecule has 8 nitrogen and oxygen atoms in total. The minimum atomic E-state index is -0.876. The topological polar surface area (TPSA) is 120 Å². The molecule has 0 aliphatic heterocycles. The summed E-state index contributed by atoms with van der Waals surface area (Å²) in [5.41, 5.74) is -0.654. The predicted octanol–water partition coefficient (Wildman–Crippen LogP) is 3.42. The van der Waals surface area contributed by atoms with Crippen molar-refractivity contribution in [2.24, 2.45) is 0 Å². The van der Waals surface area contributed by atoms with Crippen LogP contribution < -0.4 is 5.63 Å². The molecule has 0 saturated carbocycles. The Balaban J connectivity index is 1.89. The van der Waals surface area contributed by atoms with Gasteiger partial charge in [0.2, 0.25) is 0 Å². The Kier molecular flexibility index (Phi) is 4.59. The number of phenols is 1. The van der Waals surface area contributed by atoms with E-state index >= 15 is 0 Å². The number of carbonyl (C=O) groups excluding carboxylic acids is 1. The highest BCUT2D eigenvalue weighted by molar-refractivity contribution is 6.33. The van der Waals surface area contributed by atoms with E-state index in [2.05, 4.69) is 0 Å². The quantitative estimate of drug-likeness (QED) is 0.321. The summed E-state index contributed by atoms with van der Waals surface area (Å²) in [4.78, 5) is 34.0. The van der Waals surface area contributed by atoms with E-state index in [0.717, 1.165) is 12.1 Å². The van der Waals surface area contributed by atoms with Crippen LogP contribution in [0, 0.1) is 10.1 Å². The fourth-order valence-corrected chi connectivity index (χ4v) is 2.54. The van der Waals surface area contributed by atoms with Crippen LogP contribution in [0.5, 0.6) is 5.75 Å². The van der Waals surface area contributed by atoms with Gasteiger partial charge < -0.3 is 14.3 Å². The van der Waals surface area contributed by atoms with E-state index in [1.165, 1.54) is 30.3 Å². The monoisotopic (exact) mass is 375 g/mol. The molecule has 0 spiro atoms. The normalized spacial score (nSPS) is 10.7. The molecule has 0 bridgehead atoms. The lowest BCUT2D eigenvalue weighted by Gasteiger charge is -2.08. The van der Waals surface area contributed by atoms with Crippen LogP contribution >= 0.6 is 11.6 Å². The second kappa shape index (κ2) is 6.85. The zero-order valence-corrected chi connectivity index (χ0v) is 13.7. The van der Waals surface area contributed by atoms with Crippen LogP contribution in [0.15, 0.2) is 51.7 Å². The van der Waals surface area contributed by atoms with Crippen LogP contribution in [-0.4, -0.2) is 16.0 Å². The molecular weight excluding hydrogens is 366 g/mol. The van der Waals surface area contributed by atoms with Gasteiger partial charge in [-0.15, -0.1) is 0 Å². The molecule has 2 aromatic carbocycles. The van der Waals surface area contributed by atoms with Crippen LogP contribution in [0.1, 0.15) is 15.9 Å². The minimum Gasteiger partial charge on any atom is -0.508 e. The highest BCUT2D eigenvalue weighted by Gasteiger charge is 2.18. The van der Waals surface area contributed by atoms with E-state index in [0.29, 0.717) is 10.9 Å². The maximum Gasteiger partial charge on any atom is 0.340 e. The molecule has 1 N–H and O–H groups in total. The number of nitro groups is 1. The molecule has 0 atom stereocenters. The predicted molar refractivity (Wildman–Crippen MR) is 91.4 cm³/mol. The van der Waals surface area contributed by atoms with Crippen molar-refractivity contribution in [3.05, 3.63) is 79.1 Å². The molecule has 0 fully saturated rings. The second-order valence-corrected chi connectivity index (χ2v) is 5.68. The second-order valence-electron chi connectivity index (χ2n) is 5.27. The fourth-order valence-electron chi connectivity index (χ4n) is 2.34. The lowest BCUT2D eigenvalue weighted by atomic mass is 10.1. The Morgan fingerprint density at radius 3 is 2.73 bits per heavy atom. The largest absolute Gasteiger partial charge is 0.508 e. The number of carbonyl (C=O) groups is 1. The summed E-state index contributed by atoms with van der Waals surface area (Å²) < 4.78 is 10.1. The molecule has 1 heterocycles. The zero-order valence-electron chi connectivity index (χ0n) is 13.0. The van der Waals surface area contributed by atoms with Crippen molar-refractivity contribution in [3.63, 3.8) is 0 Å². The number of ether oxygens (including phenoxy) is 1. The summed E-state index contributed by atoms with van der Waals surface area (Å²) >= 11 is 5.90. The molecule has 0 radical (unpaired) electrons. The third-order valence-electron chi connectivity index (χ3n) is 3.55. The molecule has 0 unspecified atom stereocenters. The van der Waals surface area contributed by atoms with Gasteiger partial charge in [0.15, 0.2) is 0 Å². The average molecular weight is 376 g/mol. The molecule has 0 saturated heterocycles. The average Bonchev–Trinajstić information content (AvgIpc) is 2.59. The van der Waals surface area contributed by atoms with Gasteiger partial charge in [-0.1, -0.05) is 11.6 Å². The lowest BCUT2D eigenvalue weighted by molar-refractivity contribution is -0.384. The van der Waals surface area contributed by atoms with Crippen molar-refractivity contribution in [3.8, 4) is 5.75 Å². The van der Waals surface area contributed by atoms with Crippen molar-refractivity contribution in [1.29, 1.82) is 0 Å². The molecule has 1 aromatic heterocycles. The maximum absolute atomic E-state index is 12.2. The van der Waals surface area contributed by atoms with Gasteiger partial charge in [0.05, 0.1) is 15.5 Å². The number of hydrogen-bond acceptors (Lipinski definition) is 7. The van der Waals surface area contributed by atoms with E-state index < -0.39 is 16.5 Å². The lowest BCUT2D eigenvalue weighted by Crippen LogP contribution is -2.09. The summed E-state index contributed by atoms with van der Waals surface area (Å²) in [6, 6.07) is 8.73. The molecule has 3 aromatic rings. The van der Waals surface area contributed by atoms with Crippen LogP contribution in [-0.2, 0) is 11.3 Å². The third kappa shape index (κ3) is 3.50. The Hall–Kier alpha value is -3.39. The van der Waals surface area contributed by atoms with Crippen LogP contribution in [0.3, 0.4) is 0 Å². The van der Waals surface area contributed by atoms with Crippen molar-refractivity contribution < 1.29 is 24.0 Å². The number of esters is 1. The van der Waals surface area contributed by atoms with Gasteiger partial charge in [-0.25, -0.2) is 9.59 Å². The first kappa shape index (κ1) is 17.4. The first-order valence-corrected chi connectivity index (χ1v) is 7.60. The van der Waals surface area contributed by atoms with Crippen LogP contribution in [0.4, 0.5) is 5.69 Å². The van der Waals surface area contributed by atoms with Crippen molar-refractivity contribution in [2.45, 2.75) is 6.61 Å². The number of nitro benzene ring substituents is 1. The van der Waals surface area contributed by atoms with Gasteiger partial charge in [-0.3, -0.25) is 10.1 Å². The summed E-state index contributed by atoms with van der Waals surface area (Å²) in [6.45, 7) is -0.287. The summed E-state index contributed by atoms with van der Waals surface area (Å²) in [6.07, 6.45) is 0. The van der Waals surface area contributed by atoms with Gasteiger partial charge >= 0.3 is 11.6 Å². The van der Waals surface area contributed by atoms with E-state index in [1.54, 1.807) is 0 Å². The summed E-state index contributed by atoms with van der Waals surface area (Å²) in [7, 11) is 0. The van der Waals surface area contributed by atoms with Crippen LogP contribution in [0.25, 0.3) is 11.0 Å². The highest BCUT2D eigenvalue weighted by Crippen LogP contribution is 2.25. The Labute approximate surface area is 150 Å². The van der Waals surface area contributed by atoms with E-state index in [9.17, 15) is 24.8 Å². The molecule has 26 heavy (non-hydrogen) atoms. The van der Waals surface area contributed by atoms with Gasteiger partial charge in [0.25, 0.3) is 5.69 Å².